The molecule has 0 aliphatic heterocycles. The molecule has 4 heteroatoms. The van der Waals surface area contributed by atoms with E-state index in [9.17, 15) is 9.59 Å². The van der Waals surface area contributed by atoms with Crippen LogP contribution in [0.1, 0.15) is 169 Å². The van der Waals surface area contributed by atoms with Crippen LogP contribution in [0.3, 0.4) is 0 Å². The Balaban J connectivity index is 2.34. The Kier molecular flexibility index (Phi) is 20.0. The summed E-state index contributed by atoms with van der Waals surface area (Å²) in [4.78, 5) is 26.2. The van der Waals surface area contributed by atoms with Crippen molar-refractivity contribution < 1.29 is 19.1 Å². The summed E-state index contributed by atoms with van der Waals surface area (Å²) in [6, 6.07) is 0. The summed E-state index contributed by atoms with van der Waals surface area (Å²) >= 11 is 0. The van der Waals surface area contributed by atoms with Gasteiger partial charge in [-0.1, -0.05) is 111 Å². The molecule has 1 fully saturated rings. The van der Waals surface area contributed by atoms with Crippen LogP contribution in [0.4, 0.5) is 0 Å². The van der Waals surface area contributed by atoms with E-state index in [-0.39, 0.29) is 36.0 Å². The zero-order valence-electron chi connectivity index (χ0n) is 25.4. The summed E-state index contributed by atoms with van der Waals surface area (Å²) in [5.41, 5.74) is 0. The van der Waals surface area contributed by atoms with E-state index in [1.165, 1.54) is 89.9 Å². The Labute approximate surface area is 230 Å². The molecule has 0 radical (unpaired) electrons. The Morgan fingerprint density at radius 3 is 1.41 bits per heavy atom. The maximum absolute atomic E-state index is 13.1. The van der Waals surface area contributed by atoms with Crippen molar-refractivity contribution in [3.05, 3.63) is 0 Å². The van der Waals surface area contributed by atoms with Crippen LogP contribution in [0.25, 0.3) is 0 Å². The predicted octanol–water partition coefficient (Wildman–Crippen LogP) is 9.96. The van der Waals surface area contributed by atoms with Gasteiger partial charge in [-0.3, -0.25) is 9.59 Å². The lowest BCUT2D eigenvalue weighted by Crippen LogP contribution is -2.39. The molecule has 0 aromatic carbocycles. The highest BCUT2D eigenvalue weighted by Gasteiger charge is 2.40. The summed E-state index contributed by atoms with van der Waals surface area (Å²) in [6.45, 7) is 10.7. The molecular weight excluding hydrogens is 460 g/mol. The fourth-order valence-electron chi connectivity index (χ4n) is 5.74. The highest BCUT2D eigenvalue weighted by Crippen LogP contribution is 2.36. The van der Waals surface area contributed by atoms with Crippen molar-refractivity contribution >= 4 is 11.9 Å². The third-order valence-electron chi connectivity index (χ3n) is 8.28. The zero-order chi connectivity index (χ0) is 27.3. The van der Waals surface area contributed by atoms with Gasteiger partial charge in [-0.2, -0.15) is 0 Å². The lowest BCUT2D eigenvalue weighted by molar-refractivity contribution is -0.169. The van der Waals surface area contributed by atoms with Crippen LogP contribution in [0.2, 0.25) is 0 Å². The molecule has 218 valence electrons. The Morgan fingerprint density at radius 2 is 0.973 bits per heavy atom. The van der Waals surface area contributed by atoms with E-state index in [1.807, 2.05) is 13.8 Å². The highest BCUT2D eigenvalue weighted by molar-refractivity contribution is 5.82. The standard InChI is InChI=1S/C33H62O4/c1-6-8-10-12-14-16-18-20-22-28(4)36-32(34)30-25-24-27(3)26-31(30)33(35)37-29(5)23-21-19-17-15-13-11-9-7-2/h27-31H,6-26H2,1-5H3. The fraction of sp³-hybridized carbons (Fsp3) is 0.939. The number of unbranched alkanes of at least 4 members (excludes halogenated alkanes) is 14. The number of esters is 2. The van der Waals surface area contributed by atoms with Crippen molar-refractivity contribution in [3.8, 4) is 0 Å². The maximum atomic E-state index is 13.1. The molecule has 1 rings (SSSR count). The van der Waals surface area contributed by atoms with E-state index in [1.54, 1.807) is 0 Å². The normalized spacial score (nSPS) is 21.4. The van der Waals surface area contributed by atoms with Crippen molar-refractivity contribution in [2.45, 2.75) is 182 Å². The molecule has 1 aliphatic rings. The topological polar surface area (TPSA) is 52.6 Å². The molecule has 0 amide bonds. The maximum Gasteiger partial charge on any atom is 0.310 e. The fourth-order valence-corrected chi connectivity index (χ4v) is 5.74. The molecule has 5 atom stereocenters. The van der Waals surface area contributed by atoms with E-state index >= 15 is 0 Å². The van der Waals surface area contributed by atoms with Gasteiger partial charge in [0.2, 0.25) is 0 Å². The molecule has 37 heavy (non-hydrogen) atoms. The van der Waals surface area contributed by atoms with Gasteiger partial charge in [-0.25, -0.2) is 0 Å². The van der Waals surface area contributed by atoms with Gasteiger partial charge >= 0.3 is 11.9 Å². The van der Waals surface area contributed by atoms with Crippen molar-refractivity contribution in [2.75, 3.05) is 0 Å². The largest absolute Gasteiger partial charge is 0.462 e. The first-order valence-electron chi connectivity index (χ1n) is 16.3. The Hall–Kier alpha value is -1.06. The highest BCUT2D eigenvalue weighted by atomic mass is 16.6. The van der Waals surface area contributed by atoms with E-state index in [2.05, 4.69) is 20.8 Å². The van der Waals surface area contributed by atoms with Gasteiger partial charge < -0.3 is 9.47 Å². The molecule has 0 heterocycles. The van der Waals surface area contributed by atoms with E-state index in [4.69, 9.17) is 9.47 Å². The van der Waals surface area contributed by atoms with Crippen LogP contribution in [0, 0.1) is 17.8 Å². The second-order valence-corrected chi connectivity index (χ2v) is 12.2. The molecule has 0 saturated heterocycles. The molecule has 0 bridgehead atoms. The summed E-state index contributed by atoms with van der Waals surface area (Å²) < 4.78 is 11.7. The quantitative estimate of drug-likeness (QED) is 0.105. The summed E-state index contributed by atoms with van der Waals surface area (Å²) in [6.07, 6.45) is 24.6. The molecule has 0 N–H and O–H groups in total. The van der Waals surface area contributed by atoms with Crippen molar-refractivity contribution in [1.82, 2.24) is 0 Å². The van der Waals surface area contributed by atoms with Crippen LogP contribution in [-0.4, -0.2) is 24.1 Å². The van der Waals surface area contributed by atoms with Gasteiger partial charge in [0.05, 0.1) is 24.0 Å². The second-order valence-electron chi connectivity index (χ2n) is 12.2. The van der Waals surface area contributed by atoms with Crippen LogP contribution >= 0.6 is 0 Å². The lowest BCUT2D eigenvalue weighted by atomic mass is 9.74. The number of hydrogen-bond donors (Lipinski definition) is 0. The minimum Gasteiger partial charge on any atom is -0.462 e. The number of rotatable bonds is 22. The lowest BCUT2D eigenvalue weighted by Gasteiger charge is -2.33. The molecule has 1 saturated carbocycles. The van der Waals surface area contributed by atoms with Crippen molar-refractivity contribution in [2.24, 2.45) is 17.8 Å². The van der Waals surface area contributed by atoms with E-state index in [0.717, 1.165) is 44.9 Å². The minimum atomic E-state index is -0.354. The van der Waals surface area contributed by atoms with Crippen LogP contribution < -0.4 is 0 Å². The smallest absolute Gasteiger partial charge is 0.310 e. The number of ether oxygens (including phenoxy) is 2. The average Bonchev–Trinajstić information content (AvgIpc) is 2.87. The monoisotopic (exact) mass is 522 g/mol. The van der Waals surface area contributed by atoms with E-state index in [0.29, 0.717) is 5.92 Å². The summed E-state index contributed by atoms with van der Waals surface area (Å²) in [5, 5.41) is 0. The first-order chi connectivity index (χ1) is 17.9. The van der Waals surface area contributed by atoms with Crippen LogP contribution in [0.15, 0.2) is 0 Å². The molecule has 0 spiro atoms. The second kappa shape index (κ2) is 21.8. The summed E-state index contributed by atoms with van der Waals surface area (Å²) in [7, 11) is 0. The predicted molar refractivity (Wildman–Crippen MR) is 156 cm³/mol. The third-order valence-corrected chi connectivity index (χ3v) is 8.28. The third kappa shape index (κ3) is 16.5. The van der Waals surface area contributed by atoms with Gasteiger partial charge in [0, 0.05) is 0 Å². The van der Waals surface area contributed by atoms with Gasteiger partial charge in [0.1, 0.15) is 0 Å². The van der Waals surface area contributed by atoms with E-state index < -0.39 is 0 Å². The molecule has 0 aromatic rings. The van der Waals surface area contributed by atoms with Crippen LogP contribution in [0.5, 0.6) is 0 Å². The summed E-state index contributed by atoms with van der Waals surface area (Å²) in [5.74, 6) is -0.625. The SMILES string of the molecule is CCCCCCCCCCC(C)OC(=O)C1CCC(C)CC1C(=O)OC(C)CCCCCCCCCC. The van der Waals surface area contributed by atoms with Crippen molar-refractivity contribution in [1.29, 1.82) is 0 Å². The Bertz CT molecular complexity index is 575. The Morgan fingerprint density at radius 1 is 0.595 bits per heavy atom. The average molecular weight is 523 g/mol. The number of hydrogen-bond acceptors (Lipinski definition) is 4. The van der Waals surface area contributed by atoms with Gasteiger partial charge in [0.15, 0.2) is 0 Å². The number of carbonyl (C=O) groups excluding carboxylic acids is 2. The molecule has 4 nitrogen and oxygen atoms in total. The minimum absolute atomic E-state index is 0.0792. The molecule has 5 unspecified atom stereocenters. The van der Waals surface area contributed by atoms with Crippen molar-refractivity contribution in [3.63, 3.8) is 0 Å². The van der Waals surface area contributed by atoms with Crippen LogP contribution in [-0.2, 0) is 19.1 Å². The first-order valence-corrected chi connectivity index (χ1v) is 16.3. The zero-order valence-corrected chi connectivity index (χ0v) is 25.4. The first kappa shape index (κ1) is 34.0. The van der Waals surface area contributed by atoms with Gasteiger partial charge in [-0.05, 0) is 64.7 Å². The van der Waals surface area contributed by atoms with Gasteiger partial charge in [-0.15, -0.1) is 0 Å². The van der Waals surface area contributed by atoms with Gasteiger partial charge in [0.25, 0.3) is 0 Å². The number of carbonyl (C=O) groups is 2. The molecular formula is C33H62O4. The molecule has 1 aliphatic carbocycles. The molecule has 0 aromatic heterocycles.